The molecule has 6 nitrogen and oxygen atoms in total. The summed E-state index contributed by atoms with van der Waals surface area (Å²) < 4.78 is 1.97. The molecular formula is C19H27N5O. The van der Waals surface area contributed by atoms with Gasteiger partial charge in [0.1, 0.15) is 0 Å². The average Bonchev–Trinajstić information content (AvgIpc) is 3.52. The van der Waals surface area contributed by atoms with Crippen LogP contribution in [-0.2, 0) is 0 Å². The minimum atomic E-state index is -0.147. The topological polar surface area (TPSA) is 62.5 Å². The van der Waals surface area contributed by atoms with Crippen molar-refractivity contribution in [2.24, 2.45) is 17.8 Å². The Morgan fingerprint density at radius 1 is 1.20 bits per heavy atom. The Morgan fingerprint density at radius 3 is 2.48 bits per heavy atom. The first-order chi connectivity index (χ1) is 12.1. The number of nitrogens with zero attached hydrogens (tertiary/aromatic N) is 4. The Balaban J connectivity index is 1.52. The first-order valence-corrected chi connectivity index (χ1v) is 9.47. The third kappa shape index (κ3) is 3.78. The van der Waals surface area contributed by atoms with Crippen molar-refractivity contribution in [3.8, 4) is 0 Å². The zero-order valence-corrected chi connectivity index (χ0v) is 15.1. The highest BCUT2D eigenvalue weighted by Gasteiger charge is 2.33. The first-order valence-electron chi connectivity index (χ1n) is 9.47. The highest BCUT2D eigenvalue weighted by Crippen LogP contribution is 2.34. The fourth-order valence-corrected chi connectivity index (χ4v) is 3.29. The summed E-state index contributed by atoms with van der Waals surface area (Å²) in [5.41, 5.74) is 0.810. The van der Waals surface area contributed by atoms with Crippen molar-refractivity contribution in [1.82, 2.24) is 24.8 Å². The number of fused-ring (bicyclic) bond motifs is 1. The van der Waals surface area contributed by atoms with Crippen LogP contribution in [0.4, 0.5) is 4.79 Å². The number of aromatic nitrogens is 3. The van der Waals surface area contributed by atoms with Crippen LogP contribution in [-0.4, -0.2) is 38.6 Å². The van der Waals surface area contributed by atoms with Gasteiger partial charge in [-0.2, -0.15) is 0 Å². The third-order valence-corrected chi connectivity index (χ3v) is 5.20. The number of pyridine rings is 1. The van der Waals surface area contributed by atoms with Crippen molar-refractivity contribution in [3.05, 3.63) is 30.2 Å². The zero-order chi connectivity index (χ0) is 17.4. The van der Waals surface area contributed by atoms with E-state index in [1.165, 1.54) is 25.7 Å². The Kier molecular flexibility index (Phi) is 4.36. The molecule has 2 aromatic heterocycles. The number of rotatable bonds is 7. The summed E-state index contributed by atoms with van der Waals surface area (Å²) in [5, 5.41) is 11.8. The lowest BCUT2D eigenvalue weighted by molar-refractivity contribution is 0.184. The molecule has 2 amide bonds. The van der Waals surface area contributed by atoms with Crippen LogP contribution in [0.5, 0.6) is 0 Å². The van der Waals surface area contributed by atoms with Gasteiger partial charge in [-0.3, -0.25) is 4.40 Å². The molecule has 1 N–H and O–H groups in total. The number of carbonyl (C=O) groups excluding carboxylic acids is 1. The maximum Gasteiger partial charge on any atom is 0.318 e. The lowest BCUT2D eigenvalue weighted by Crippen LogP contribution is -2.45. The molecule has 2 fully saturated rings. The van der Waals surface area contributed by atoms with E-state index in [4.69, 9.17) is 0 Å². The van der Waals surface area contributed by atoms with Gasteiger partial charge < -0.3 is 10.2 Å². The quantitative estimate of drug-likeness (QED) is 0.841. The van der Waals surface area contributed by atoms with E-state index in [0.717, 1.165) is 24.6 Å². The second-order valence-corrected chi connectivity index (χ2v) is 7.95. The van der Waals surface area contributed by atoms with E-state index in [0.29, 0.717) is 11.8 Å². The second-order valence-electron chi connectivity index (χ2n) is 7.95. The Labute approximate surface area is 148 Å². The Hall–Kier alpha value is -2.11. The van der Waals surface area contributed by atoms with Gasteiger partial charge >= 0.3 is 6.03 Å². The maximum atomic E-state index is 13.0. The van der Waals surface area contributed by atoms with Crippen molar-refractivity contribution in [2.45, 2.75) is 45.6 Å². The molecular weight excluding hydrogens is 314 g/mol. The van der Waals surface area contributed by atoms with Crippen LogP contribution in [0.3, 0.4) is 0 Å². The second kappa shape index (κ2) is 6.65. The molecule has 2 aromatic rings. The predicted octanol–water partition coefficient (Wildman–Crippen LogP) is 3.26. The summed E-state index contributed by atoms with van der Waals surface area (Å²) in [7, 11) is 0. The summed E-state index contributed by atoms with van der Waals surface area (Å²) in [5.74, 6) is 2.45. The summed E-state index contributed by atoms with van der Waals surface area (Å²) in [4.78, 5) is 15.0. The van der Waals surface area contributed by atoms with E-state index in [1.54, 1.807) is 0 Å². The summed E-state index contributed by atoms with van der Waals surface area (Å²) >= 11 is 0. The van der Waals surface area contributed by atoms with Crippen LogP contribution in [0.2, 0.25) is 0 Å². The van der Waals surface area contributed by atoms with Gasteiger partial charge in [-0.15, -0.1) is 10.2 Å². The molecule has 25 heavy (non-hydrogen) atoms. The molecule has 1 unspecified atom stereocenters. The lowest BCUT2D eigenvalue weighted by Gasteiger charge is -2.27. The van der Waals surface area contributed by atoms with Gasteiger partial charge in [0.25, 0.3) is 0 Å². The number of nitrogens with one attached hydrogen (secondary N) is 1. The molecule has 2 aliphatic carbocycles. The standard InChI is InChI=1S/C19H27N5O/c1-13(2)17(18-22-21-16-5-3-4-10-24(16)18)20-19(25)23(11-14-6-7-14)12-15-8-9-15/h3-5,10,13-15,17H,6-9,11-12H2,1-2H3,(H,20,25). The molecule has 2 heterocycles. The largest absolute Gasteiger partial charge is 0.328 e. The minimum Gasteiger partial charge on any atom is -0.328 e. The highest BCUT2D eigenvalue weighted by atomic mass is 16.2. The van der Waals surface area contributed by atoms with Crippen LogP contribution in [0, 0.1) is 17.8 Å². The molecule has 0 aliphatic heterocycles. The summed E-state index contributed by atoms with van der Waals surface area (Å²) in [6.45, 7) is 6.02. The van der Waals surface area contributed by atoms with Crippen LogP contribution < -0.4 is 5.32 Å². The first kappa shape index (κ1) is 16.4. The van der Waals surface area contributed by atoms with Crippen molar-refractivity contribution < 1.29 is 4.79 Å². The molecule has 0 spiro atoms. The highest BCUT2D eigenvalue weighted by molar-refractivity contribution is 5.74. The van der Waals surface area contributed by atoms with Gasteiger partial charge in [-0.25, -0.2) is 4.79 Å². The molecule has 1 atom stereocenters. The molecule has 0 bridgehead atoms. The van der Waals surface area contributed by atoms with Gasteiger partial charge in [-0.1, -0.05) is 19.9 Å². The van der Waals surface area contributed by atoms with Crippen molar-refractivity contribution in [1.29, 1.82) is 0 Å². The molecule has 2 aliphatic rings. The molecule has 134 valence electrons. The van der Waals surface area contributed by atoms with Crippen molar-refractivity contribution in [3.63, 3.8) is 0 Å². The smallest absolute Gasteiger partial charge is 0.318 e. The Morgan fingerprint density at radius 2 is 1.88 bits per heavy atom. The number of hydrogen-bond acceptors (Lipinski definition) is 3. The van der Waals surface area contributed by atoms with E-state index >= 15 is 0 Å². The molecule has 4 rings (SSSR count). The third-order valence-electron chi connectivity index (χ3n) is 5.20. The van der Waals surface area contributed by atoms with E-state index in [1.807, 2.05) is 33.7 Å². The van der Waals surface area contributed by atoms with Crippen LogP contribution in [0.1, 0.15) is 51.4 Å². The molecule has 0 radical (unpaired) electrons. The van der Waals surface area contributed by atoms with Crippen LogP contribution >= 0.6 is 0 Å². The van der Waals surface area contributed by atoms with Gasteiger partial charge in [0, 0.05) is 19.3 Å². The minimum absolute atomic E-state index is 0.0465. The molecule has 0 aromatic carbocycles. The van der Waals surface area contributed by atoms with Gasteiger partial charge in [-0.05, 0) is 55.6 Å². The van der Waals surface area contributed by atoms with Crippen LogP contribution in [0.25, 0.3) is 5.65 Å². The van der Waals surface area contributed by atoms with Crippen molar-refractivity contribution >= 4 is 11.7 Å². The monoisotopic (exact) mass is 341 g/mol. The summed E-state index contributed by atoms with van der Waals surface area (Å²) in [6, 6.07) is 5.74. The number of urea groups is 1. The van der Waals surface area contributed by atoms with E-state index in [9.17, 15) is 4.79 Å². The fourth-order valence-electron chi connectivity index (χ4n) is 3.29. The predicted molar refractivity (Wildman–Crippen MR) is 96.1 cm³/mol. The zero-order valence-electron chi connectivity index (χ0n) is 15.1. The molecule has 2 saturated carbocycles. The van der Waals surface area contributed by atoms with Gasteiger partial charge in [0.2, 0.25) is 0 Å². The van der Waals surface area contributed by atoms with Gasteiger partial charge in [0.05, 0.1) is 6.04 Å². The van der Waals surface area contributed by atoms with E-state index < -0.39 is 0 Å². The number of amides is 2. The van der Waals surface area contributed by atoms with E-state index in [2.05, 4.69) is 29.4 Å². The maximum absolute atomic E-state index is 13.0. The number of hydrogen-bond donors (Lipinski definition) is 1. The SMILES string of the molecule is CC(C)C(NC(=O)N(CC1CC1)CC1CC1)c1nnc2ccccn12. The molecule has 0 saturated heterocycles. The number of carbonyl (C=O) groups is 1. The fraction of sp³-hybridized carbons (Fsp3) is 0.632. The summed E-state index contributed by atoms with van der Waals surface area (Å²) in [6.07, 6.45) is 7.00. The Bertz CT molecular complexity index is 733. The van der Waals surface area contributed by atoms with Crippen LogP contribution in [0.15, 0.2) is 24.4 Å². The lowest BCUT2D eigenvalue weighted by atomic mass is 10.0. The van der Waals surface area contributed by atoms with E-state index in [-0.39, 0.29) is 18.0 Å². The van der Waals surface area contributed by atoms with Gasteiger partial charge in [0.15, 0.2) is 11.5 Å². The van der Waals surface area contributed by atoms with Crippen molar-refractivity contribution in [2.75, 3.05) is 13.1 Å². The normalized spacial score (nSPS) is 18.5. The average molecular weight is 341 g/mol. The molecule has 6 heteroatoms.